The first-order chi connectivity index (χ1) is 7.93. The van der Waals surface area contributed by atoms with Crippen LogP contribution in [0.4, 0.5) is 14.5 Å². The van der Waals surface area contributed by atoms with Gasteiger partial charge in [0.25, 0.3) is 0 Å². The maximum atomic E-state index is 12.0. The van der Waals surface area contributed by atoms with E-state index < -0.39 is 19.0 Å². The second-order valence-electron chi connectivity index (χ2n) is 3.11. The molecule has 0 bridgehead atoms. The van der Waals surface area contributed by atoms with Crippen LogP contribution in [0.15, 0.2) is 12.1 Å². The Bertz CT molecular complexity index is 483. The highest BCUT2D eigenvalue weighted by molar-refractivity contribution is 5.73. The Hall–Kier alpha value is -2.36. The maximum absolute atomic E-state index is 12.0. The van der Waals surface area contributed by atoms with E-state index in [1.807, 2.05) is 0 Å². The second-order valence-corrected chi connectivity index (χ2v) is 3.11. The molecule has 1 rings (SSSR count). The molecule has 0 amide bonds. The van der Waals surface area contributed by atoms with Crippen LogP contribution < -0.4 is 10.5 Å². The minimum Gasteiger partial charge on any atom is -0.481 e. The first-order valence-corrected chi connectivity index (χ1v) is 4.43. The standard InChI is InChI=1S/C10H8F2N2O3/c11-10(12)17-8-2-5(3-9(15)16)6(4-13)1-7(8)14/h1-2,10H,3,14H2,(H,15,16). The van der Waals surface area contributed by atoms with Crippen molar-refractivity contribution >= 4 is 11.7 Å². The summed E-state index contributed by atoms with van der Waals surface area (Å²) >= 11 is 0. The normalized spacial score (nSPS) is 10.0. The van der Waals surface area contributed by atoms with Gasteiger partial charge in [-0.1, -0.05) is 0 Å². The third-order valence-corrected chi connectivity index (χ3v) is 1.91. The molecule has 0 fully saturated rings. The molecule has 0 radical (unpaired) electrons. The molecule has 0 atom stereocenters. The molecular weight excluding hydrogens is 234 g/mol. The van der Waals surface area contributed by atoms with Crippen molar-refractivity contribution < 1.29 is 23.4 Å². The predicted octanol–water partition coefficient (Wildman–Crippen LogP) is 1.37. The number of benzene rings is 1. The van der Waals surface area contributed by atoms with Crippen molar-refractivity contribution in [3.05, 3.63) is 23.3 Å². The SMILES string of the molecule is N#Cc1cc(N)c(OC(F)F)cc1CC(=O)O. The van der Waals surface area contributed by atoms with Gasteiger partial charge in [0.1, 0.15) is 5.75 Å². The van der Waals surface area contributed by atoms with Gasteiger partial charge in [-0.05, 0) is 17.7 Å². The van der Waals surface area contributed by atoms with Crippen LogP contribution >= 0.6 is 0 Å². The lowest BCUT2D eigenvalue weighted by molar-refractivity contribution is -0.136. The van der Waals surface area contributed by atoms with Gasteiger partial charge in [-0.25, -0.2) is 0 Å². The lowest BCUT2D eigenvalue weighted by atomic mass is 10.0. The number of rotatable bonds is 4. The van der Waals surface area contributed by atoms with Gasteiger partial charge in [-0.3, -0.25) is 4.79 Å². The van der Waals surface area contributed by atoms with Crippen LogP contribution in [-0.4, -0.2) is 17.7 Å². The number of hydrogen-bond acceptors (Lipinski definition) is 4. The van der Waals surface area contributed by atoms with E-state index >= 15 is 0 Å². The zero-order valence-electron chi connectivity index (χ0n) is 8.48. The monoisotopic (exact) mass is 242 g/mol. The van der Waals surface area contributed by atoms with E-state index in [0.29, 0.717) is 0 Å². The topological polar surface area (TPSA) is 96.3 Å². The van der Waals surface area contributed by atoms with Crippen LogP contribution in [0.2, 0.25) is 0 Å². The van der Waals surface area contributed by atoms with Crippen molar-refractivity contribution in [1.82, 2.24) is 0 Å². The van der Waals surface area contributed by atoms with E-state index in [1.54, 1.807) is 6.07 Å². The van der Waals surface area contributed by atoms with Crippen molar-refractivity contribution in [2.24, 2.45) is 0 Å². The van der Waals surface area contributed by atoms with Crippen molar-refractivity contribution in [3.8, 4) is 11.8 Å². The van der Waals surface area contributed by atoms with Crippen LogP contribution in [0.1, 0.15) is 11.1 Å². The van der Waals surface area contributed by atoms with Crippen LogP contribution in [0.5, 0.6) is 5.75 Å². The van der Waals surface area contributed by atoms with Gasteiger partial charge in [-0.2, -0.15) is 14.0 Å². The Labute approximate surface area is 95.0 Å². The Morgan fingerprint density at radius 1 is 1.59 bits per heavy atom. The van der Waals surface area contributed by atoms with E-state index in [9.17, 15) is 13.6 Å². The van der Waals surface area contributed by atoms with Crippen LogP contribution in [0.25, 0.3) is 0 Å². The number of anilines is 1. The average molecular weight is 242 g/mol. The van der Waals surface area contributed by atoms with Crippen molar-refractivity contribution in [3.63, 3.8) is 0 Å². The van der Waals surface area contributed by atoms with Gasteiger partial charge in [0.2, 0.25) is 0 Å². The number of alkyl halides is 2. The van der Waals surface area contributed by atoms with Crippen molar-refractivity contribution in [1.29, 1.82) is 5.26 Å². The van der Waals surface area contributed by atoms with Crippen LogP contribution in [0.3, 0.4) is 0 Å². The summed E-state index contributed by atoms with van der Waals surface area (Å²) in [6.07, 6.45) is -0.469. The largest absolute Gasteiger partial charge is 0.481 e. The number of hydrogen-bond donors (Lipinski definition) is 2. The molecule has 0 aromatic heterocycles. The van der Waals surface area contributed by atoms with E-state index in [-0.39, 0.29) is 22.6 Å². The van der Waals surface area contributed by atoms with Gasteiger partial charge in [0, 0.05) is 0 Å². The number of halogens is 2. The van der Waals surface area contributed by atoms with E-state index in [2.05, 4.69) is 4.74 Å². The summed E-state index contributed by atoms with van der Waals surface area (Å²) in [6, 6.07) is 3.88. The minimum absolute atomic E-state index is 0.0199. The van der Waals surface area contributed by atoms with E-state index in [1.165, 1.54) is 0 Å². The molecule has 90 valence electrons. The lowest BCUT2D eigenvalue weighted by Gasteiger charge is -2.10. The third-order valence-electron chi connectivity index (χ3n) is 1.91. The summed E-state index contributed by atoms with van der Waals surface area (Å²) in [5.74, 6) is -1.52. The zero-order chi connectivity index (χ0) is 13.0. The molecule has 0 saturated heterocycles. The number of ether oxygens (including phenoxy) is 1. The fourth-order valence-corrected chi connectivity index (χ4v) is 1.25. The molecule has 17 heavy (non-hydrogen) atoms. The number of nitrogens with two attached hydrogens (primary N) is 1. The summed E-state index contributed by atoms with van der Waals surface area (Å²) in [6.45, 7) is -3.07. The first-order valence-electron chi connectivity index (χ1n) is 4.43. The number of carboxylic acids is 1. The highest BCUT2D eigenvalue weighted by Gasteiger charge is 2.14. The molecule has 3 N–H and O–H groups in total. The maximum Gasteiger partial charge on any atom is 0.387 e. The number of nitrogen functional groups attached to an aromatic ring is 1. The molecule has 0 spiro atoms. The quantitative estimate of drug-likeness (QED) is 0.777. The molecule has 0 aliphatic carbocycles. The van der Waals surface area contributed by atoms with E-state index in [0.717, 1.165) is 12.1 Å². The van der Waals surface area contributed by atoms with E-state index in [4.69, 9.17) is 16.1 Å². The lowest BCUT2D eigenvalue weighted by Crippen LogP contribution is -2.08. The molecular formula is C10H8F2N2O3. The second kappa shape index (κ2) is 5.12. The van der Waals surface area contributed by atoms with Gasteiger partial charge >= 0.3 is 12.6 Å². The summed E-state index contributed by atoms with van der Waals surface area (Å²) < 4.78 is 28.1. The average Bonchev–Trinajstić information content (AvgIpc) is 2.21. The van der Waals surface area contributed by atoms with Crippen LogP contribution in [0, 0.1) is 11.3 Å². The molecule has 5 nitrogen and oxygen atoms in total. The summed E-state index contributed by atoms with van der Waals surface area (Å²) in [7, 11) is 0. The number of carboxylic acid groups (broad SMARTS) is 1. The summed E-state index contributed by atoms with van der Waals surface area (Å²) in [5.41, 5.74) is 5.34. The molecule has 0 aliphatic heterocycles. The molecule has 1 aromatic rings. The highest BCUT2D eigenvalue weighted by Crippen LogP contribution is 2.27. The zero-order valence-corrected chi connectivity index (χ0v) is 8.48. The van der Waals surface area contributed by atoms with Gasteiger partial charge in [0.05, 0.1) is 23.7 Å². The number of aliphatic carboxylic acids is 1. The molecule has 0 heterocycles. The first kappa shape index (κ1) is 12.7. The van der Waals surface area contributed by atoms with Gasteiger partial charge in [-0.15, -0.1) is 0 Å². The van der Waals surface area contributed by atoms with Gasteiger partial charge in [0.15, 0.2) is 0 Å². The number of nitriles is 1. The van der Waals surface area contributed by atoms with Crippen LogP contribution in [-0.2, 0) is 11.2 Å². The Morgan fingerprint density at radius 2 is 2.24 bits per heavy atom. The number of nitrogens with zero attached hydrogens (tertiary/aromatic N) is 1. The molecule has 0 aliphatic rings. The number of carbonyl (C=O) groups is 1. The van der Waals surface area contributed by atoms with Crippen molar-refractivity contribution in [2.45, 2.75) is 13.0 Å². The smallest absolute Gasteiger partial charge is 0.387 e. The fourth-order valence-electron chi connectivity index (χ4n) is 1.25. The Morgan fingerprint density at radius 3 is 2.71 bits per heavy atom. The Balaban J connectivity index is 3.18. The van der Waals surface area contributed by atoms with Gasteiger partial charge < -0.3 is 15.6 Å². The summed E-state index contributed by atoms with van der Waals surface area (Å²) in [5, 5.41) is 17.3. The fraction of sp³-hybridized carbons (Fsp3) is 0.200. The predicted molar refractivity (Wildman–Crippen MR) is 53.5 cm³/mol. The molecule has 1 aromatic carbocycles. The minimum atomic E-state index is -3.07. The molecule has 7 heteroatoms. The molecule has 0 saturated carbocycles. The Kier molecular flexibility index (Phi) is 3.82. The highest BCUT2D eigenvalue weighted by atomic mass is 19.3. The summed E-state index contributed by atoms with van der Waals surface area (Å²) in [4.78, 5) is 10.5. The third kappa shape index (κ3) is 3.31. The van der Waals surface area contributed by atoms with Crippen molar-refractivity contribution in [2.75, 3.05) is 5.73 Å². The molecule has 0 unspecified atom stereocenters.